The molecule has 0 fully saturated rings. The highest BCUT2D eigenvalue weighted by Crippen LogP contribution is 2.23. The molecule has 0 amide bonds. The van der Waals surface area contributed by atoms with Crippen LogP contribution in [-0.2, 0) is 6.54 Å². The number of ether oxygens (including phenoxy) is 1. The first-order chi connectivity index (χ1) is 13.9. The fraction of sp³-hybridized carbons (Fsp3) is 0.0952. The van der Waals surface area contributed by atoms with Crippen LogP contribution in [0.3, 0.4) is 0 Å². The van der Waals surface area contributed by atoms with Crippen molar-refractivity contribution >= 4 is 5.52 Å². The lowest BCUT2D eigenvalue weighted by Gasteiger charge is -2.13. The number of benzene rings is 1. The van der Waals surface area contributed by atoms with Gasteiger partial charge in [-0.05, 0) is 36.8 Å². The van der Waals surface area contributed by atoms with E-state index in [4.69, 9.17) is 4.74 Å². The maximum atomic E-state index is 13.1. The van der Waals surface area contributed by atoms with Crippen LogP contribution in [0.5, 0.6) is 17.4 Å². The molecular weight excluding hydrogens is 377 g/mol. The minimum atomic E-state index is -0.739. The second-order valence-electron chi connectivity index (χ2n) is 6.51. The fourth-order valence-corrected chi connectivity index (χ4v) is 2.92. The first-order valence-corrected chi connectivity index (χ1v) is 8.75. The van der Waals surface area contributed by atoms with Gasteiger partial charge in [0.15, 0.2) is 11.3 Å². The zero-order valence-electron chi connectivity index (χ0n) is 15.4. The molecule has 0 aliphatic heterocycles. The van der Waals surface area contributed by atoms with E-state index in [1.54, 1.807) is 24.3 Å². The number of hydrogen-bond donors (Lipinski definition) is 1. The number of aromatic nitrogens is 3. The molecule has 0 spiro atoms. The molecule has 3 heterocycles. The van der Waals surface area contributed by atoms with Gasteiger partial charge in [-0.25, -0.2) is 4.39 Å². The van der Waals surface area contributed by atoms with E-state index >= 15 is 0 Å². The second-order valence-corrected chi connectivity index (χ2v) is 6.51. The molecule has 7 nitrogen and oxygen atoms in total. The molecule has 0 unspecified atom stereocenters. The smallest absolute Gasteiger partial charge is 0.279 e. The lowest BCUT2D eigenvalue weighted by molar-refractivity contribution is 0.439. The van der Waals surface area contributed by atoms with E-state index in [1.807, 2.05) is 6.92 Å². The van der Waals surface area contributed by atoms with Crippen LogP contribution in [0.15, 0.2) is 70.6 Å². The molecule has 29 heavy (non-hydrogen) atoms. The number of halogens is 1. The molecule has 0 saturated heterocycles. The topological polar surface area (TPSA) is 85.8 Å². The summed E-state index contributed by atoms with van der Waals surface area (Å²) in [6.45, 7) is 1.98. The third kappa shape index (κ3) is 3.60. The minimum Gasteiger partial charge on any atom is -0.503 e. The van der Waals surface area contributed by atoms with Gasteiger partial charge in [-0.15, -0.1) is 0 Å². The maximum Gasteiger partial charge on any atom is 0.279 e. The Morgan fingerprint density at radius 2 is 1.86 bits per heavy atom. The van der Waals surface area contributed by atoms with E-state index < -0.39 is 16.7 Å². The predicted molar refractivity (Wildman–Crippen MR) is 104 cm³/mol. The molecule has 0 saturated carbocycles. The van der Waals surface area contributed by atoms with Gasteiger partial charge >= 0.3 is 0 Å². The highest BCUT2D eigenvalue weighted by Gasteiger charge is 2.15. The Kier molecular flexibility index (Phi) is 4.59. The Hall–Kier alpha value is -3.94. The molecule has 146 valence electrons. The molecule has 8 heteroatoms. The summed E-state index contributed by atoms with van der Waals surface area (Å²) in [6, 6.07) is 10.2. The number of hydrogen-bond acceptors (Lipinski definition) is 5. The van der Waals surface area contributed by atoms with Crippen LogP contribution in [0.4, 0.5) is 4.39 Å². The summed E-state index contributed by atoms with van der Waals surface area (Å²) in [5.74, 6) is -0.599. The number of aryl methyl sites for hydroxylation is 1. The third-order valence-electron chi connectivity index (χ3n) is 4.42. The maximum absolute atomic E-state index is 13.1. The molecule has 1 N–H and O–H groups in total. The summed E-state index contributed by atoms with van der Waals surface area (Å²) in [5.41, 5.74) is -0.0422. The van der Waals surface area contributed by atoms with E-state index in [2.05, 4.69) is 4.98 Å². The Morgan fingerprint density at radius 3 is 2.55 bits per heavy atom. The van der Waals surface area contributed by atoms with E-state index in [1.165, 1.54) is 39.7 Å². The van der Waals surface area contributed by atoms with Crippen molar-refractivity contribution in [1.82, 2.24) is 14.0 Å². The Morgan fingerprint density at radius 1 is 1.10 bits per heavy atom. The lowest BCUT2D eigenvalue weighted by atomic mass is 10.2. The molecule has 4 aromatic rings. The van der Waals surface area contributed by atoms with Crippen molar-refractivity contribution in [2.45, 2.75) is 13.5 Å². The molecule has 0 atom stereocenters. The van der Waals surface area contributed by atoms with Gasteiger partial charge in [0.25, 0.3) is 5.56 Å². The first kappa shape index (κ1) is 18.4. The van der Waals surface area contributed by atoms with E-state index in [0.717, 1.165) is 11.8 Å². The standard InChI is InChI=1S/C21H16FN3O4/c1-13-2-7-16(11-23-13)29-18-10-17(26)20(27)19-21(28)24(8-9-25(18)19)12-14-3-5-15(22)6-4-14/h2-11,27H,12H2,1H3. The molecule has 0 bridgehead atoms. The number of fused-ring (bicyclic) bond motifs is 1. The van der Waals surface area contributed by atoms with Crippen LogP contribution in [0.25, 0.3) is 5.52 Å². The number of pyridine rings is 2. The number of aromatic hydroxyl groups is 1. The van der Waals surface area contributed by atoms with Gasteiger partial charge in [0.1, 0.15) is 11.6 Å². The zero-order chi connectivity index (χ0) is 20.5. The third-order valence-corrected chi connectivity index (χ3v) is 4.42. The number of nitrogens with zero attached hydrogens (tertiary/aromatic N) is 3. The highest BCUT2D eigenvalue weighted by atomic mass is 19.1. The van der Waals surface area contributed by atoms with Gasteiger partial charge in [0.05, 0.1) is 18.8 Å². The van der Waals surface area contributed by atoms with E-state index in [9.17, 15) is 19.1 Å². The molecule has 3 aromatic heterocycles. The average molecular weight is 393 g/mol. The van der Waals surface area contributed by atoms with Gasteiger partial charge in [-0.3, -0.25) is 19.0 Å². The summed E-state index contributed by atoms with van der Waals surface area (Å²) in [7, 11) is 0. The van der Waals surface area contributed by atoms with Crippen molar-refractivity contribution in [2.75, 3.05) is 0 Å². The van der Waals surface area contributed by atoms with Crippen molar-refractivity contribution < 1.29 is 14.2 Å². The van der Waals surface area contributed by atoms with Gasteiger partial charge in [-0.1, -0.05) is 12.1 Å². The summed E-state index contributed by atoms with van der Waals surface area (Å²) in [6.07, 6.45) is 4.51. The average Bonchev–Trinajstić information content (AvgIpc) is 2.71. The van der Waals surface area contributed by atoms with Crippen molar-refractivity contribution in [3.05, 3.63) is 98.7 Å². The van der Waals surface area contributed by atoms with Gasteiger partial charge in [0.2, 0.25) is 11.3 Å². The van der Waals surface area contributed by atoms with Gasteiger partial charge < -0.3 is 14.4 Å². The van der Waals surface area contributed by atoms with Crippen LogP contribution < -0.4 is 15.7 Å². The van der Waals surface area contributed by atoms with E-state index in [0.29, 0.717) is 11.3 Å². The molecular formula is C21H16FN3O4. The van der Waals surface area contributed by atoms with Crippen molar-refractivity contribution in [1.29, 1.82) is 0 Å². The number of rotatable bonds is 4. The SMILES string of the molecule is Cc1ccc(Oc2cc(=O)c(O)c3c(=O)n(Cc4ccc(F)cc4)ccn23)cn1. The van der Waals surface area contributed by atoms with Crippen LogP contribution in [0, 0.1) is 12.7 Å². The normalized spacial score (nSPS) is 11.0. The van der Waals surface area contributed by atoms with Crippen LogP contribution in [-0.4, -0.2) is 19.1 Å². The monoisotopic (exact) mass is 393 g/mol. The molecule has 0 aliphatic carbocycles. The summed E-state index contributed by atoms with van der Waals surface area (Å²) in [5, 5.41) is 10.2. The Labute approximate surface area is 163 Å². The van der Waals surface area contributed by atoms with Crippen LogP contribution in [0.1, 0.15) is 11.3 Å². The first-order valence-electron chi connectivity index (χ1n) is 8.75. The molecule has 0 aliphatic rings. The fourth-order valence-electron chi connectivity index (χ4n) is 2.92. The highest BCUT2D eigenvalue weighted by molar-refractivity contribution is 5.59. The largest absolute Gasteiger partial charge is 0.503 e. The molecule has 0 radical (unpaired) electrons. The summed E-state index contributed by atoms with van der Waals surface area (Å²) in [4.78, 5) is 29.3. The van der Waals surface area contributed by atoms with Gasteiger partial charge in [-0.2, -0.15) is 0 Å². The predicted octanol–water partition coefficient (Wildman–Crippen LogP) is 2.85. The Bertz CT molecular complexity index is 1310. The van der Waals surface area contributed by atoms with Crippen molar-refractivity contribution in [2.24, 2.45) is 0 Å². The van der Waals surface area contributed by atoms with Gasteiger partial charge in [0, 0.05) is 18.1 Å². The van der Waals surface area contributed by atoms with Crippen molar-refractivity contribution in [3.63, 3.8) is 0 Å². The minimum absolute atomic E-state index is 0.0690. The summed E-state index contributed by atoms with van der Waals surface area (Å²) >= 11 is 0. The van der Waals surface area contributed by atoms with Crippen molar-refractivity contribution in [3.8, 4) is 17.4 Å². The molecule has 4 rings (SSSR count). The van der Waals surface area contributed by atoms with Crippen LogP contribution >= 0.6 is 0 Å². The second kappa shape index (κ2) is 7.23. The molecule has 1 aromatic carbocycles. The Balaban J connectivity index is 1.81. The van der Waals surface area contributed by atoms with E-state index in [-0.39, 0.29) is 23.8 Å². The lowest BCUT2D eigenvalue weighted by Crippen LogP contribution is -2.24. The zero-order valence-corrected chi connectivity index (χ0v) is 15.4. The van der Waals surface area contributed by atoms with Crippen LogP contribution in [0.2, 0.25) is 0 Å². The quantitative estimate of drug-likeness (QED) is 0.576. The summed E-state index contributed by atoms with van der Waals surface area (Å²) < 4.78 is 21.4.